The van der Waals surface area contributed by atoms with Gasteiger partial charge in [0.1, 0.15) is 0 Å². The zero-order valence-corrected chi connectivity index (χ0v) is 18.5. The van der Waals surface area contributed by atoms with Crippen molar-refractivity contribution in [3.8, 4) is 0 Å². The monoisotopic (exact) mass is 337 g/mol. The molecule has 21 heavy (non-hydrogen) atoms. The summed E-state index contributed by atoms with van der Waals surface area (Å²) >= 11 is 0. The first-order chi connectivity index (χ1) is 9.16. The van der Waals surface area contributed by atoms with Gasteiger partial charge in [-0.3, -0.25) is 9.97 Å². The summed E-state index contributed by atoms with van der Waals surface area (Å²) in [6.07, 6.45) is 3.37. The fourth-order valence-corrected chi connectivity index (χ4v) is 2.13. The van der Waals surface area contributed by atoms with Crippen LogP contribution in [0.25, 0.3) is 11.0 Å². The molecule has 1 aliphatic rings. The minimum Gasteiger partial charge on any atom is -0.652 e. The standard InChI is InChI=1S/C12H13N3.CH2O3.2K/c1-3-13-4-2-10-8-12-11(7-9(1)10)14-5-6-15-12;2-1(3)4;;/h5-8,13H,1-4H2;(H2,2,3,4);;/q;;2*+1/p-2. The number of carboxylic acid groups (broad SMARTS) is 2. The first kappa shape index (κ1) is 22.1. The molecule has 0 amide bonds. The average molecular weight is 337 g/mol. The molecule has 0 radical (unpaired) electrons. The van der Waals surface area contributed by atoms with Gasteiger partial charge in [0.15, 0.2) is 0 Å². The van der Waals surface area contributed by atoms with E-state index in [0.717, 1.165) is 37.0 Å². The predicted molar refractivity (Wildman–Crippen MR) is 65.2 cm³/mol. The molecule has 6 nitrogen and oxygen atoms in total. The number of hydrogen-bond donors (Lipinski definition) is 1. The first-order valence-electron chi connectivity index (χ1n) is 5.98. The Morgan fingerprint density at radius 1 is 0.952 bits per heavy atom. The van der Waals surface area contributed by atoms with Crippen LogP contribution in [0.15, 0.2) is 24.5 Å². The Bertz CT molecular complexity index is 547. The quantitative estimate of drug-likeness (QED) is 0.480. The Labute approximate surface area is 208 Å². The van der Waals surface area contributed by atoms with Crippen LogP contribution >= 0.6 is 0 Å². The van der Waals surface area contributed by atoms with Crippen LogP contribution in [0.2, 0.25) is 0 Å². The van der Waals surface area contributed by atoms with Crippen LogP contribution < -0.4 is 118 Å². The zero-order valence-electron chi connectivity index (χ0n) is 12.3. The second kappa shape index (κ2) is 11.6. The summed E-state index contributed by atoms with van der Waals surface area (Å²) in [5, 5.41) is 20.1. The number of aromatic nitrogens is 2. The topological polar surface area (TPSA) is 101 Å². The molecule has 2 heterocycles. The van der Waals surface area contributed by atoms with Gasteiger partial charge in [-0.15, -0.1) is 0 Å². The summed E-state index contributed by atoms with van der Waals surface area (Å²) in [4.78, 5) is 17.0. The van der Waals surface area contributed by atoms with E-state index in [1.54, 1.807) is 12.4 Å². The largest absolute Gasteiger partial charge is 1.00 e. The minimum absolute atomic E-state index is 0. The van der Waals surface area contributed by atoms with Gasteiger partial charge >= 0.3 is 103 Å². The maximum Gasteiger partial charge on any atom is 1.00 e. The SMILES string of the molecule is O=C([O-])[O-].[K+].[K+].c1cnc2cc3c(cc2n1)CCNCC3. The molecule has 0 saturated carbocycles. The van der Waals surface area contributed by atoms with E-state index in [-0.39, 0.29) is 103 Å². The summed E-state index contributed by atoms with van der Waals surface area (Å²) in [5.41, 5.74) is 4.87. The van der Waals surface area contributed by atoms with E-state index in [2.05, 4.69) is 27.4 Å². The van der Waals surface area contributed by atoms with Crippen molar-refractivity contribution in [3.63, 3.8) is 0 Å². The van der Waals surface area contributed by atoms with Crippen LogP contribution in [-0.4, -0.2) is 29.2 Å². The van der Waals surface area contributed by atoms with Gasteiger partial charge in [-0.2, -0.15) is 0 Å². The summed E-state index contributed by atoms with van der Waals surface area (Å²) in [5.74, 6) is 0. The summed E-state index contributed by atoms with van der Waals surface area (Å²) in [7, 11) is 0. The molecule has 1 aliphatic heterocycles. The number of hydrogen-bond acceptors (Lipinski definition) is 6. The molecular weight excluding hydrogens is 324 g/mol. The van der Waals surface area contributed by atoms with E-state index in [4.69, 9.17) is 15.0 Å². The Kier molecular flexibility index (Phi) is 12.2. The molecule has 1 aromatic carbocycles. The Morgan fingerprint density at radius 2 is 1.33 bits per heavy atom. The van der Waals surface area contributed by atoms with Crippen LogP contribution in [0.4, 0.5) is 4.79 Å². The van der Waals surface area contributed by atoms with Gasteiger partial charge in [0.2, 0.25) is 0 Å². The van der Waals surface area contributed by atoms with Crippen LogP contribution in [0.5, 0.6) is 0 Å². The molecule has 1 aromatic heterocycles. The molecule has 0 aliphatic carbocycles. The van der Waals surface area contributed by atoms with Gasteiger partial charge in [0.05, 0.1) is 11.0 Å². The number of nitrogens with one attached hydrogen (secondary N) is 1. The maximum absolute atomic E-state index is 8.33. The molecule has 1 N–H and O–H groups in total. The molecule has 8 heteroatoms. The molecule has 0 saturated heterocycles. The Morgan fingerprint density at radius 3 is 1.71 bits per heavy atom. The second-order valence-electron chi connectivity index (χ2n) is 4.17. The van der Waals surface area contributed by atoms with Crippen molar-refractivity contribution in [2.24, 2.45) is 0 Å². The van der Waals surface area contributed by atoms with Gasteiger partial charge in [0, 0.05) is 12.4 Å². The molecule has 0 bridgehead atoms. The third-order valence-corrected chi connectivity index (χ3v) is 2.93. The number of nitrogens with zero attached hydrogens (tertiary/aromatic N) is 2. The molecule has 3 rings (SSSR count). The van der Waals surface area contributed by atoms with Crippen molar-refractivity contribution in [1.82, 2.24) is 15.3 Å². The third-order valence-electron chi connectivity index (χ3n) is 2.93. The number of fused-ring (bicyclic) bond motifs is 2. The van der Waals surface area contributed by atoms with Gasteiger partial charge in [0.25, 0.3) is 0 Å². The summed E-state index contributed by atoms with van der Waals surface area (Å²) < 4.78 is 0. The smallest absolute Gasteiger partial charge is 0.652 e. The van der Waals surface area contributed by atoms with E-state index in [1.165, 1.54) is 11.1 Å². The van der Waals surface area contributed by atoms with E-state index >= 15 is 0 Å². The number of rotatable bonds is 0. The molecule has 100 valence electrons. The van der Waals surface area contributed by atoms with Gasteiger partial charge < -0.3 is 20.3 Å². The summed E-state index contributed by atoms with van der Waals surface area (Å²) in [6, 6.07) is 4.37. The van der Waals surface area contributed by atoms with E-state index in [1.807, 2.05) is 0 Å². The molecular formula is C13H13K2N3O3. The Hall–Kier alpha value is 1.06. The van der Waals surface area contributed by atoms with Gasteiger partial charge in [-0.1, -0.05) is 0 Å². The Balaban J connectivity index is 0.000000602. The van der Waals surface area contributed by atoms with Crippen molar-refractivity contribution < 1.29 is 118 Å². The fourth-order valence-electron chi connectivity index (χ4n) is 2.13. The molecule has 2 aromatic rings. The zero-order chi connectivity index (χ0) is 13.7. The molecule has 0 unspecified atom stereocenters. The fraction of sp³-hybridized carbons (Fsp3) is 0.308. The van der Waals surface area contributed by atoms with Crippen LogP contribution in [0.1, 0.15) is 11.1 Å². The first-order valence-corrected chi connectivity index (χ1v) is 5.98. The van der Waals surface area contributed by atoms with E-state index < -0.39 is 6.16 Å². The van der Waals surface area contributed by atoms with Crippen molar-refractivity contribution in [1.29, 1.82) is 0 Å². The second-order valence-corrected chi connectivity index (χ2v) is 4.17. The number of carbonyl (C=O) groups excluding carboxylic acids is 1. The third kappa shape index (κ3) is 7.45. The summed E-state index contributed by atoms with van der Waals surface area (Å²) in [6.45, 7) is 2.14. The maximum atomic E-state index is 8.33. The number of benzene rings is 1. The van der Waals surface area contributed by atoms with Crippen molar-refractivity contribution in [2.75, 3.05) is 13.1 Å². The van der Waals surface area contributed by atoms with E-state index in [9.17, 15) is 0 Å². The molecule has 0 atom stereocenters. The molecule has 0 spiro atoms. The average Bonchev–Trinajstić information content (AvgIpc) is 2.60. The van der Waals surface area contributed by atoms with Crippen molar-refractivity contribution in [2.45, 2.75) is 12.8 Å². The molecule has 0 fully saturated rings. The van der Waals surface area contributed by atoms with Crippen molar-refractivity contribution >= 4 is 17.2 Å². The normalized spacial score (nSPS) is 12.6. The van der Waals surface area contributed by atoms with Crippen LogP contribution in [-0.2, 0) is 12.8 Å². The van der Waals surface area contributed by atoms with Gasteiger partial charge in [-0.05, 0) is 55.3 Å². The van der Waals surface area contributed by atoms with Crippen molar-refractivity contribution in [3.05, 3.63) is 35.7 Å². The van der Waals surface area contributed by atoms with Crippen LogP contribution in [0.3, 0.4) is 0 Å². The van der Waals surface area contributed by atoms with Crippen LogP contribution in [0, 0.1) is 0 Å². The minimum atomic E-state index is -2.33. The predicted octanol–water partition coefficient (Wildman–Crippen LogP) is -7.12. The number of carbonyl (C=O) groups is 1. The van der Waals surface area contributed by atoms with Gasteiger partial charge in [-0.25, -0.2) is 0 Å². The van der Waals surface area contributed by atoms with E-state index in [0.29, 0.717) is 0 Å².